The van der Waals surface area contributed by atoms with E-state index in [9.17, 15) is 4.79 Å². The Hall–Kier alpha value is -3.20. The number of hydrogen-bond donors (Lipinski definition) is 0. The van der Waals surface area contributed by atoms with Gasteiger partial charge in [0.25, 0.3) is 0 Å². The third-order valence-corrected chi connectivity index (χ3v) is 4.45. The Bertz CT molecular complexity index is 886. The van der Waals surface area contributed by atoms with Gasteiger partial charge >= 0.3 is 6.09 Å². The third-order valence-electron chi connectivity index (χ3n) is 4.45. The SMILES string of the molecule is O=C(N=Cc1ccccc1)OCC1c2ccccc2-c2ccccc21. The van der Waals surface area contributed by atoms with Crippen molar-refractivity contribution in [2.75, 3.05) is 6.61 Å². The molecule has 1 aliphatic rings. The van der Waals surface area contributed by atoms with Gasteiger partial charge in [-0.15, -0.1) is 0 Å². The van der Waals surface area contributed by atoms with Crippen molar-refractivity contribution in [3.63, 3.8) is 0 Å². The first-order chi connectivity index (χ1) is 12.3. The quantitative estimate of drug-likeness (QED) is 0.631. The van der Waals surface area contributed by atoms with Crippen molar-refractivity contribution in [2.24, 2.45) is 4.99 Å². The summed E-state index contributed by atoms with van der Waals surface area (Å²) in [5.74, 6) is 0.0586. The third kappa shape index (κ3) is 3.09. The minimum atomic E-state index is -0.564. The van der Waals surface area contributed by atoms with Gasteiger partial charge in [-0.25, -0.2) is 4.79 Å². The van der Waals surface area contributed by atoms with Crippen molar-refractivity contribution in [2.45, 2.75) is 5.92 Å². The number of benzene rings is 3. The summed E-state index contributed by atoms with van der Waals surface area (Å²) in [5, 5.41) is 0. The van der Waals surface area contributed by atoms with E-state index in [4.69, 9.17) is 4.74 Å². The van der Waals surface area contributed by atoms with Gasteiger partial charge in [0.1, 0.15) is 6.61 Å². The number of carbonyl (C=O) groups is 1. The molecule has 0 N–H and O–H groups in total. The molecule has 0 radical (unpaired) electrons. The Balaban J connectivity index is 1.50. The Kier molecular flexibility index (Phi) is 4.13. The second-order valence-electron chi connectivity index (χ2n) is 5.97. The molecule has 1 aliphatic carbocycles. The van der Waals surface area contributed by atoms with Crippen LogP contribution in [0.2, 0.25) is 0 Å². The van der Waals surface area contributed by atoms with Crippen LogP contribution in [0.3, 0.4) is 0 Å². The predicted molar refractivity (Wildman–Crippen MR) is 99.1 cm³/mol. The van der Waals surface area contributed by atoms with Crippen molar-refractivity contribution in [1.29, 1.82) is 0 Å². The minimum absolute atomic E-state index is 0.0586. The van der Waals surface area contributed by atoms with Crippen LogP contribution in [0.25, 0.3) is 11.1 Å². The molecule has 1 amide bonds. The number of carbonyl (C=O) groups excluding carboxylic acids is 1. The van der Waals surface area contributed by atoms with Crippen LogP contribution in [0.4, 0.5) is 4.79 Å². The highest BCUT2D eigenvalue weighted by Crippen LogP contribution is 2.44. The summed E-state index contributed by atoms with van der Waals surface area (Å²) in [6.07, 6.45) is 0.963. The lowest BCUT2D eigenvalue weighted by molar-refractivity contribution is 0.154. The normalized spacial score (nSPS) is 12.8. The number of nitrogens with zero attached hydrogens (tertiary/aromatic N) is 1. The molecule has 3 aromatic carbocycles. The molecule has 0 bridgehead atoms. The average molecular weight is 327 g/mol. The van der Waals surface area contributed by atoms with E-state index in [0.29, 0.717) is 6.61 Å². The predicted octanol–water partition coefficient (Wildman–Crippen LogP) is 5.05. The van der Waals surface area contributed by atoms with Crippen molar-refractivity contribution in [1.82, 2.24) is 0 Å². The van der Waals surface area contributed by atoms with Crippen LogP contribution >= 0.6 is 0 Å². The monoisotopic (exact) mass is 327 g/mol. The number of fused-ring (bicyclic) bond motifs is 3. The molecule has 0 aliphatic heterocycles. The maximum Gasteiger partial charge on any atom is 0.433 e. The zero-order valence-electron chi connectivity index (χ0n) is 13.6. The highest BCUT2D eigenvalue weighted by Gasteiger charge is 2.28. The molecule has 3 nitrogen and oxygen atoms in total. The molecule has 0 fully saturated rings. The van der Waals surface area contributed by atoms with Gasteiger partial charge in [0.2, 0.25) is 0 Å². The van der Waals surface area contributed by atoms with E-state index in [1.807, 2.05) is 54.6 Å². The summed E-state index contributed by atoms with van der Waals surface area (Å²) in [5.41, 5.74) is 5.70. The van der Waals surface area contributed by atoms with Gasteiger partial charge in [0.05, 0.1) is 0 Å². The van der Waals surface area contributed by atoms with Crippen LogP contribution < -0.4 is 0 Å². The Morgan fingerprint density at radius 3 is 2.04 bits per heavy atom. The standard InChI is InChI=1S/C22H17NO2/c24-22(23-14-16-8-2-1-3-9-16)25-15-21-19-12-6-4-10-17(19)18-11-5-7-13-20(18)21/h1-14,21H,15H2. The number of amides is 1. The molecule has 0 heterocycles. The van der Waals surface area contributed by atoms with Crippen molar-refractivity contribution in [3.05, 3.63) is 95.6 Å². The highest BCUT2D eigenvalue weighted by molar-refractivity contribution is 5.88. The number of aliphatic imine (C=N–C) groups is 1. The summed E-state index contributed by atoms with van der Waals surface area (Å²) in [6, 6.07) is 26.0. The van der Waals surface area contributed by atoms with Gasteiger partial charge in [-0.3, -0.25) is 0 Å². The van der Waals surface area contributed by atoms with Crippen LogP contribution in [0, 0.1) is 0 Å². The molecule has 0 spiro atoms. The Labute approximate surface area is 146 Å². The summed E-state index contributed by atoms with van der Waals surface area (Å²) in [7, 11) is 0. The van der Waals surface area contributed by atoms with E-state index in [0.717, 1.165) is 5.56 Å². The summed E-state index contributed by atoms with van der Waals surface area (Å²) >= 11 is 0. The molecule has 0 aromatic heterocycles. The van der Waals surface area contributed by atoms with E-state index in [2.05, 4.69) is 29.3 Å². The first-order valence-corrected chi connectivity index (χ1v) is 8.27. The lowest BCUT2D eigenvalue weighted by Gasteiger charge is -2.12. The number of hydrogen-bond acceptors (Lipinski definition) is 2. The van der Waals surface area contributed by atoms with E-state index in [-0.39, 0.29) is 5.92 Å². The van der Waals surface area contributed by atoms with E-state index >= 15 is 0 Å². The van der Waals surface area contributed by atoms with Gasteiger partial charge in [-0.05, 0) is 27.8 Å². The molecular weight excluding hydrogens is 310 g/mol. The second-order valence-corrected chi connectivity index (χ2v) is 5.97. The molecule has 3 heteroatoms. The number of ether oxygens (including phenoxy) is 1. The fraction of sp³-hybridized carbons (Fsp3) is 0.0909. The first-order valence-electron chi connectivity index (χ1n) is 8.27. The van der Waals surface area contributed by atoms with Crippen molar-refractivity contribution < 1.29 is 9.53 Å². The molecule has 25 heavy (non-hydrogen) atoms. The van der Waals surface area contributed by atoms with E-state index in [1.54, 1.807) is 0 Å². The molecule has 0 saturated carbocycles. The first kappa shape index (κ1) is 15.3. The number of rotatable bonds is 3. The van der Waals surface area contributed by atoms with Crippen LogP contribution in [0.1, 0.15) is 22.6 Å². The molecule has 3 aromatic rings. The van der Waals surface area contributed by atoms with Gasteiger partial charge in [0.15, 0.2) is 0 Å². The maximum atomic E-state index is 12.0. The largest absolute Gasteiger partial charge is 0.447 e. The fourth-order valence-electron chi connectivity index (χ4n) is 3.30. The second kappa shape index (κ2) is 6.73. The smallest absolute Gasteiger partial charge is 0.433 e. The lowest BCUT2D eigenvalue weighted by atomic mass is 9.98. The van der Waals surface area contributed by atoms with Gasteiger partial charge in [-0.2, -0.15) is 4.99 Å². The molecule has 0 unspecified atom stereocenters. The fourth-order valence-corrected chi connectivity index (χ4v) is 3.30. The molecule has 0 atom stereocenters. The summed E-state index contributed by atoms with van der Waals surface area (Å²) < 4.78 is 5.42. The topological polar surface area (TPSA) is 38.7 Å². The average Bonchev–Trinajstić information content (AvgIpc) is 2.99. The molecule has 0 saturated heterocycles. The van der Waals surface area contributed by atoms with Crippen molar-refractivity contribution >= 4 is 12.3 Å². The lowest BCUT2D eigenvalue weighted by Crippen LogP contribution is -2.10. The molecule has 122 valence electrons. The van der Waals surface area contributed by atoms with Crippen LogP contribution in [-0.2, 0) is 4.74 Å². The van der Waals surface area contributed by atoms with Gasteiger partial charge < -0.3 is 4.74 Å². The molecule has 4 rings (SSSR count). The zero-order valence-corrected chi connectivity index (χ0v) is 13.6. The van der Waals surface area contributed by atoms with Crippen molar-refractivity contribution in [3.8, 4) is 11.1 Å². The minimum Gasteiger partial charge on any atom is -0.447 e. The summed E-state index contributed by atoms with van der Waals surface area (Å²) in [6.45, 7) is 0.291. The van der Waals surface area contributed by atoms with Crippen LogP contribution in [0.15, 0.2) is 83.9 Å². The maximum absolute atomic E-state index is 12.0. The van der Waals surface area contributed by atoms with E-state index < -0.39 is 6.09 Å². The summed E-state index contributed by atoms with van der Waals surface area (Å²) in [4.78, 5) is 15.9. The Morgan fingerprint density at radius 2 is 1.40 bits per heavy atom. The highest BCUT2D eigenvalue weighted by atomic mass is 16.5. The van der Waals surface area contributed by atoms with Gasteiger partial charge in [-0.1, -0.05) is 78.9 Å². The zero-order chi connectivity index (χ0) is 17.1. The Morgan fingerprint density at radius 1 is 0.840 bits per heavy atom. The van der Waals surface area contributed by atoms with Crippen LogP contribution in [0.5, 0.6) is 0 Å². The van der Waals surface area contributed by atoms with Crippen LogP contribution in [-0.4, -0.2) is 18.9 Å². The van der Waals surface area contributed by atoms with Gasteiger partial charge in [0, 0.05) is 12.1 Å². The molecular formula is C22H17NO2. The van der Waals surface area contributed by atoms with E-state index in [1.165, 1.54) is 28.5 Å².